The molecular weight excluding hydrogens is 256 g/mol. The molecule has 1 atom stereocenters. The van der Waals surface area contributed by atoms with Gasteiger partial charge in [0.05, 0.1) is 0 Å². The average Bonchev–Trinajstić information content (AvgIpc) is 2.47. The van der Waals surface area contributed by atoms with Crippen molar-refractivity contribution in [3.05, 3.63) is 23.9 Å². The molecule has 0 radical (unpaired) electrons. The number of hydrogen-bond donors (Lipinski definition) is 2. The summed E-state index contributed by atoms with van der Waals surface area (Å²) < 4.78 is 0. The molecule has 1 unspecified atom stereocenters. The number of rotatable bonds is 7. The third-order valence-corrected chi connectivity index (χ3v) is 5.55. The fourth-order valence-electron chi connectivity index (χ4n) is 4.13. The lowest BCUT2D eigenvalue weighted by Gasteiger charge is -2.41. The first-order valence-electron chi connectivity index (χ1n) is 9.07. The molecule has 2 heteroatoms. The molecule has 2 rings (SSSR count). The van der Waals surface area contributed by atoms with E-state index in [9.17, 15) is 0 Å². The summed E-state index contributed by atoms with van der Waals surface area (Å²) in [5.41, 5.74) is 13.4. The highest BCUT2D eigenvalue weighted by atomic mass is 14.8. The number of hydrogen-bond acceptors (Lipinski definition) is 2. The lowest BCUT2D eigenvalue weighted by molar-refractivity contribution is 0.193. The Hall–Kier alpha value is -0.760. The molecule has 21 heavy (non-hydrogen) atoms. The number of unbranched alkanes of at least 4 members (excludes halogenated alkanes) is 4. The van der Waals surface area contributed by atoms with Crippen molar-refractivity contribution in [2.45, 2.75) is 83.1 Å². The van der Waals surface area contributed by atoms with Crippen molar-refractivity contribution in [1.82, 2.24) is 0 Å². The van der Waals surface area contributed by atoms with Gasteiger partial charge < -0.3 is 11.5 Å². The quantitative estimate of drug-likeness (QED) is 0.670. The SMILES string of the molecule is CCCCCCCC1CCC(C2(N)C=CC=C(N)C2)CC1. The fraction of sp³-hybridized carbons (Fsp3) is 0.789. The van der Waals surface area contributed by atoms with Crippen LogP contribution < -0.4 is 11.5 Å². The maximum absolute atomic E-state index is 6.62. The van der Waals surface area contributed by atoms with Crippen LogP contribution in [0.5, 0.6) is 0 Å². The third-order valence-electron chi connectivity index (χ3n) is 5.55. The van der Waals surface area contributed by atoms with Crippen LogP contribution in [-0.2, 0) is 0 Å². The minimum atomic E-state index is -0.176. The van der Waals surface area contributed by atoms with Crippen LogP contribution in [-0.4, -0.2) is 5.54 Å². The summed E-state index contributed by atoms with van der Waals surface area (Å²) in [6.07, 6.45) is 20.9. The standard InChI is InChI=1S/C19H34N2/c1-2-3-4-5-6-8-16-10-12-17(13-11-16)19(21)14-7-9-18(20)15-19/h7,9,14,16-17H,2-6,8,10-13,15,20-21H2,1H3. The van der Waals surface area contributed by atoms with Gasteiger partial charge in [0.25, 0.3) is 0 Å². The molecule has 120 valence electrons. The fourth-order valence-corrected chi connectivity index (χ4v) is 4.13. The summed E-state index contributed by atoms with van der Waals surface area (Å²) >= 11 is 0. The molecule has 0 bridgehead atoms. The molecule has 0 amide bonds. The van der Waals surface area contributed by atoms with Crippen molar-refractivity contribution in [3.63, 3.8) is 0 Å². The molecule has 0 aliphatic heterocycles. The van der Waals surface area contributed by atoms with E-state index in [1.165, 1.54) is 64.2 Å². The minimum absolute atomic E-state index is 0.176. The summed E-state index contributed by atoms with van der Waals surface area (Å²) in [5, 5.41) is 0. The summed E-state index contributed by atoms with van der Waals surface area (Å²) in [6, 6.07) is 0. The predicted molar refractivity (Wildman–Crippen MR) is 91.8 cm³/mol. The van der Waals surface area contributed by atoms with Gasteiger partial charge in [-0.3, -0.25) is 0 Å². The third kappa shape index (κ3) is 4.88. The second kappa shape index (κ2) is 8.03. The first kappa shape index (κ1) is 16.6. The molecule has 2 nitrogen and oxygen atoms in total. The summed E-state index contributed by atoms with van der Waals surface area (Å²) in [7, 11) is 0. The van der Waals surface area contributed by atoms with E-state index in [4.69, 9.17) is 11.5 Å². The molecule has 1 fully saturated rings. The highest BCUT2D eigenvalue weighted by molar-refractivity contribution is 5.26. The Kier molecular flexibility index (Phi) is 6.35. The zero-order valence-corrected chi connectivity index (χ0v) is 13.8. The van der Waals surface area contributed by atoms with Crippen molar-refractivity contribution < 1.29 is 0 Å². The molecule has 0 aromatic heterocycles. The summed E-state index contributed by atoms with van der Waals surface area (Å²) in [6.45, 7) is 2.28. The highest BCUT2D eigenvalue weighted by Crippen LogP contribution is 2.40. The van der Waals surface area contributed by atoms with E-state index in [0.29, 0.717) is 5.92 Å². The predicted octanol–water partition coefficient (Wildman–Crippen LogP) is 4.65. The first-order chi connectivity index (χ1) is 10.1. The van der Waals surface area contributed by atoms with Gasteiger partial charge in [-0.05, 0) is 30.8 Å². The van der Waals surface area contributed by atoms with Gasteiger partial charge in [-0.25, -0.2) is 0 Å². The molecule has 0 spiro atoms. The van der Waals surface area contributed by atoms with Gasteiger partial charge in [0.1, 0.15) is 0 Å². The van der Waals surface area contributed by atoms with Crippen LogP contribution in [0.25, 0.3) is 0 Å². The van der Waals surface area contributed by atoms with Gasteiger partial charge >= 0.3 is 0 Å². The molecule has 0 heterocycles. The van der Waals surface area contributed by atoms with Crippen molar-refractivity contribution >= 4 is 0 Å². The maximum Gasteiger partial charge on any atom is 0.0425 e. The molecule has 4 N–H and O–H groups in total. The second-order valence-electron chi connectivity index (χ2n) is 7.31. The van der Waals surface area contributed by atoms with Gasteiger partial charge in [-0.15, -0.1) is 0 Å². The Morgan fingerprint density at radius 3 is 2.48 bits per heavy atom. The van der Waals surface area contributed by atoms with Crippen LogP contribution >= 0.6 is 0 Å². The Labute approximate surface area is 131 Å². The Morgan fingerprint density at radius 1 is 1.10 bits per heavy atom. The molecular formula is C19H34N2. The second-order valence-corrected chi connectivity index (χ2v) is 7.31. The molecule has 0 saturated heterocycles. The Bertz CT molecular complexity index is 364. The molecule has 2 aliphatic rings. The lowest BCUT2D eigenvalue weighted by Crippen LogP contribution is -2.48. The zero-order chi connectivity index (χ0) is 15.1. The normalized spacial score (nSPS) is 33.0. The Morgan fingerprint density at radius 2 is 1.81 bits per heavy atom. The Balaban J connectivity index is 1.69. The van der Waals surface area contributed by atoms with Crippen LogP contribution in [0.3, 0.4) is 0 Å². The van der Waals surface area contributed by atoms with Gasteiger partial charge in [0.2, 0.25) is 0 Å². The lowest BCUT2D eigenvalue weighted by atomic mass is 9.68. The summed E-state index contributed by atoms with van der Waals surface area (Å²) in [4.78, 5) is 0. The van der Waals surface area contributed by atoms with Crippen LogP contribution in [0.2, 0.25) is 0 Å². The van der Waals surface area contributed by atoms with Crippen molar-refractivity contribution in [2.24, 2.45) is 23.3 Å². The molecule has 1 saturated carbocycles. The van der Waals surface area contributed by atoms with E-state index in [-0.39, 0.29) is 5.54 Å². The van der Waals surface area contributed by atoms with Crippen molar-refractivity contribution in [2.75, 3.05) is 0 Å². The molecule has 0 aromatic rings. The monoisotopic (exact) mass is 290 g/mol. The molecule has 0 aromatic carbocycles. The van der Waals surface area contributed by atoms with Crippen LogP contribution in [0.4, 0.5) is 0 Å². The largest absolute Gasteiger partial charge is 0.402 e. The van der Waals surface area contributed by atoms with E-state index in [1.807, 2.05) is 6.08 Å². The van der Waals surface area contributed by atoms with Crippen LogP contribution in [0.15, 0.2) is 23.9 Å². The van der Waals surface area contributed by atoms with Crippen molar-refractivity contribution in [1.29, 1.82) is 0 Å². The first-order valence-corrected chi connectivity index (χ1v) is 9.07. The number of allylic oxidation sites excluding steroid dienone is 2. The van der Waals surface area contributed by atoms with Gasteiger partial charge in [-0.1, -0.05) is 70.4 Å². The van der Waals surface area contributed by atoms with E-state index in [1.54, 1.807) is 0 Å². The zero-order valence-electron chi connectivity index (χ0n) is 13.8. The smallest absolute Gasteiger partial charge is 0.0425 e. The number of nitrogens with two attached hydrogens (primary N) is 2. The van der Waals surface area contributed by atoms with E-state index in [2.05, 4.69) is 19.1 Å². The van der Waals surface area contributed by atoms with Crippen molar-refractivity contribution in [3.8, 4) is 0 Å². The van der Waals surface area contributed by atoms with E-state index in [0.717, 1.165) is 18.0 Å². The van der Waals surface area contributed by atoms with E-state index >= 15 is 0 Å². The maximum atomic E-state index is 6.62. The van der Waals surface area contributed by atoms with Gasteiger partial charge in [0.15, 0.2) is 0 Å². The minimum Gasteiger partial charge on any atom is -0.402 e. The van der Waals surface area contributed by atoms with Gasteiger partial charge in [-0.2, -0.15) is 0 Å². The highest BCUT2D eigenvalue weighted by Gasteiger charge is 2.36. The van der Waals surface area contributed by atoms with Crippen LogP contribution in [0, 0.1) is 11.8 Å². The van der Waals surface area contributed by atoms with E-state index < -0.39 is 0 Å². The van der Waals surface area contributed by atoms with Gasteiger partial charge in [0, 0.05) is 17.7 Å². The topological polar surface area (TPSA) is 52.0 Å². The van der Waals surface area contributed by atoms with Crippen LogP contribution in [0.1, 0.15) is 77.6 Å². The summed E-state index contributed by atoms with van der Waals surface area (Å²) in [5.74, 6) is 1.57. The molecule has 2 aliphatic carbocycles. The average molecular weight is 290 g/mol.